The first-order chi connectivity index (χ1) is 9.61. The highest BCUT2D eigenvalue weighted by Crippen LogP contribution is 2.24. The number of rotatable bonds is 4. The van der Waals surface area contributed by atoms with E-state index >= 15 is 0 Å². The van der Waals surface area contributed by atoms with Crippen LogP contribution in [0.25, 0.3) is 0 Å². The van der Waals surface area contributed by atoms with Crippen LogP contribution in [0.3, 0.4) is 0 Å². The fraction of sp³-hybridized carbons (Fsp3) is 0.143. The van der Waals surface area contributed by atoms with E-state index in [1.54, 1.807) is 30.3 Å². The summed E-state index contributed by atoms with van der Waals surface area (Å²) in [7, 11) is 0. The molecular weight excluding hydrogens is 280 g/mol. The molecule has 1 aromatic carbocycles. The van der Waals surface area contributed by atoms with Crippen molar-refractivity contribution in [3.05, 3.63) is 58.4 Å². The molecule has 0 bridgehead atoms. The number of benzene rings is 1. The Morgan fingerprint density at radius 3 is 2.90 bits per heavy atom. The number of carbonyl (C=O) groups is 1. The second-order valence-corrected chi connectivity index (χ2v) is 4.38. The molecule has 2 aromatic rings. The van der Waals surface area contributed by atoms with Gasteiger partial charge in [-0.3, -0.25) is 0 Å². The molecule has 0 aliphatic heterocycles. The maximum absolute atomic E-state index is 12.2. The van der Waals surface area contributed by atoms with Crippen LogP contribution in [-0.2, 0) is 0 Å². The summed E-state index contributed by atoms with van der Waals surface area (Å²) in [5.41, 5.74) is 0.320. The fourth-order valence-corrected chi connectivity index (χ4v) is 1.83. The number of hydrogen-bond donors (Lipinski definition) is 1. The summed E-state index contributed by atoms with van der Waals surface area (Å²) in [6.45, 7) is 2.22. The van der Waals surface area contributed by atoms with Crippen LogP contribution in [0.15, 0.2) is 42.6 Å². The smallest absolute Gasteiger partial charge is 0.342 e. The number of anilines is 1. The highest BCUT2D eigenvalue weighted by molar-refractivity contribution is 6.31. The van der Waals surface area contributed by atoms with Gasteiger partial charge in [-0.2, -0.15) is 0 Å². The summed E-state index contributed by atoms with van der Waals surface area (Å²) in [5.74, 6) is 0.0988. The summed E-state index contributed by atoms with van der Waals surface area (Å²) < 4.78 is 5.95. The minimum atomic E-state index is -0.430. The van der Waals surface area contributed by atoms with E-state index in [0.29, 0.717) is 27.7 Å². The van der Waals surface area contributed by atoms with Crippen LogP contribution in [0.1, 0.15) is 17.3 Å². The lowest BCUT2D eigenvalue weighted by atomic mass is 10.2. The van der Waals surface area contributed by atoms with Gasteiger partial charge < -0.3 is 9.94 Å². The molecule has 1 heterocycles. The van der Waals surface area contributed by atoms with E-state index in [4.69, 9.17) is 16.3 Å². The molecule has 1 amide bonds. The Morgan fingerprint density at radius 2 is 2.20 bits per heavy atom. The lowest BCUT2D eigenvalue weighted by molar-refractivity contribution is -0.590. The zero-order valence-corrected chi connectivity index (χ0v) is 11.6. The number of nitrogens with one attached hydrogen (secondary N) is 1. The quantitative estimate of drug-likeness (QED) is 0.696. The second kappa shape index (κ2) is 6.25. The lowest BCUT2D eigenvalue weighted by Crippen LogP contribution is -2.32. The normalized spacial score (nSPS) is 10.1. The summed E-state index contributed by atoms with van der Waals surface area (Å²) in [6.07, 6.45) is 1.31. The Kier molecular flexibility index (Phi) is 4.42. The molecule has 6 heteroatoms. The monoisotopic (exact) mass is 292 g/mol. The number of carbonyl (C=O) groups excluding carboxylic acids is 1. The molecule has 0 atom stereocenters. The van der Waals surface area contributed by atoms with Crippen LogP contribution in [0.5, 0.6) is 5.75 Å². The summed E-state index contributed by atoms with van der Waals surface area (Å²) >= 11 is 5.88. The lowest BCUT2D eigenvalue weighted by Gasteiger charge is -2.10. The molecule has 2 rings (SSSR count). The summed E-state index contributed by atoms with van der Waals surface area (Å²) in [5, 5.41) is 14.5. The van der Waals surface area contributed by atoms with Crippen molar-refractivity contribution in [3.8, 4) is 5.75 Å². The van der Waals surface area contributed by atoms with Crippen molar-refractivity contribution < 1.29 is 14.3 Å². The number of amides is 1. The zero-order chi connectivity index (χ0) is 14.5. The van der Waals surface area contributed by atoms with Crippen LogP contribution in [0.2, 0.25) is 5.02 Å². The number of aromatic nitrogens is 1. The highest BCUT2D eigenvalue weighted by Gasteiger charge is 2.18. The Labute approximate surface area is 121 Å². The largest absolute Gasteiger partial charge is 0.711 e. The van der Waals surface area contributed by atoms with Crippen molar-refractivity contribution in [2.75, 3.05) is 11.9 Å². The van der Waals surface area contributed by atoms with Crippen LogP contribution in [0.4, 0.5) is 5.82 Å². The molecule has 5 nitrogen and oxygen atoms in total. The number of hydrogen-bond acceptors (Lipinski definition) is 3. The predicted octanol–water partition coefficient (Wildman–Crippen LogP) is 2.62. The molecule has 104 valence electrons. The van der Waals surface area contributed by atoms with Crippen molar-refractivity contribution in [1.29, 1.82) is 0 Å². The first-order valence-electron chi connectivity index (χ1n) is 6.03. The molecule has 1 aromatic heterocycles. The van der Waals surface area contributed by atoms with Crippen molar-refractivity contribution in [2.24, 2.45) is 0 Å². The highest BCUT2D eigenvalue weighted by atomic mass is 35.5. The van der Waals surface area contributed by atoms with Gasteiger partial charge >= 0.3 is 5.91 Å². The summed E-state index contributed by atoms with van der Waals surface area (Å²) in [4.78, 5) is 12.2. The van der Waals surface area contributed by atoms with Gasteiger partial charge in [-0.15, -0.1) is 0 Å². The van der Waals surface area contributed by atoms with Gasteiger partial charge in [0.2, 0.25) is 0 Å². The predicted molar refractivity (Wildman–Crippen MR) is 76.0 cm³/mol. The third-order valence-corrected chi connectivity index (χ3v) is 2.79. The van der Waals surface area contributed by atoms with Crippen LogP contribution in [-0.4, -0.2) is 12.5 Å². The van der Waals surface area contributed by atoms with E-state index in [2.05, 4.69) is 5.32 Å². The van der Waals surface area contributed by atoms with Gasteiger partial charge in [-0.25, -0.2) is 14.8 Å². The van der Waals surface area contributed by atoms with Gasteiger partial charge in [0, 0.05) is 11.1 Å². The van der Waals surface area contributed by atoms with Crippen LogP contribution in [0, 0.1) is 5.21 Å². The third-order valence-electron chi connectivity index (χ3n) is 2.55. The standard InChI is InChI=1S/C14H13ClN2O3/c1-2-20-12-9-10(15)6-7-11(12)14(18)16-13-5-3-4-8-17(13)19/h3-9H,2H2,1H3,(H,16,18). The molecule has 0 saturated heterocycles. The van der Waals surface area contributed by atoms with E-state index in [-0.39, 0.29) is 5.82 Å². The molecule has 0 saturated carbocycles. The van der Waals surface area contributed by atoms with E-state index in [1.807, 2.05) is 6.92 Å². The molecule has 20 heavy (non-hydrogen) atoms. The Bertz CT molecular complexity index is 632. The number of ether oxygens (including phenoxy) is 1. The third kappa shape index (κ3) is 3.19. The van der Waals surface area contributed by atoms with Crippen molar-refractivity contribution >= 4 is 23.3 Å². The number of pyridine rings is 1. The minimum Gasteiger partial charge on any atom is -0.711 e. The van der Waals surface area contributed by atoms with Gasteiger partial charge in [-0.1, -0.05) is 17.7 Å². The van der Waals surface area contributed by atoms with Crippen LogP contribution < -0.4 is 14.8 Å². The molecule has 0 aliphatic carbocycles. The van der Waals surface area contributed by atoms with Crippen molar-refractivity contribution in [1.82, 2.24) is 0 Å². The SMILES string of the molecule is CCOc1cc(Cl)ccc1C(=O)Nc1cccc[n+]1[O-]. The molecule has 1 N–H and O–H groups in total. The Hall–Kier alpha value is -2.27. The minimum absolute atomic E-state index is 0.148. The van der Waals surface area contributed by atoms with Crippen molar-refractivity contribution in [3.63, 3.8) is 0 Å². The van der Waals surface area contributed by atoms with E-state index in [0.717, 1.165) is 0 Å². The van der Waals surface area contributed by atoms with Gasteiger partial charge in [0.05, 0.1) is 12.8 Å². The van der Waals surface area contributed by atoms with Gasteiger partial charge in [-0.05, 0) is 31.2 Å². The Balaban J connectivity index is 2.27. The second-order valence-electron chi connectivity index (χ2n) is 3.94. The molecular formula is C14H13ClN2O3. The fourth-order valence-electron chi connectivity index (χ4n) is 1.67. The zero-order valence-electron chi connectivity index (χ0n) is 10.8. The molecule has 0 fully saturated rings. The van der Waals surface area contributed by atoms with Gasteiger partial charge in [0.25, 0.3) is 5.82 Å². The molecule has 0 radical (unpaired) electrons. The molecule has 0 aliphatic rings. The maximum atomic E-state index is 12.2. The van der Waals surface area contributed by atoms with Crippen molar-refractivity contribution in [2.45, 2.75) is 6.92 Å². The van der Waals surface area contributed by atoms with Gasteiger partial charge in [0.15, 0.2) is 0 Å². The van der Waals surface area contributed by atoms with Crippen LogP contribution >= 0.6 is 11.6 Å². The number of nitrogens with zero attached hydrogens (tertiary/aromatic N) is 1. The van der Waals surface area contributed by atoms with E-state index < -0.39 is 5.91 Å². The topological polar surface area (TPSA) is 65.3 Å². The number of halogens is 1. The average molecular weight is 293 g/mol. The van der Waals surface area contributed by atoms with E-state index in [9.17, 15) is 10.0 Å². The molecule has 0 unspecified atom stereocenters. The average Bonchev–Trinajstić information content (AvgIpc) is 2.42. The first-order valence-corrected chi connectivity index (χ1v) is 6.41. The van der Waals surface area contributed by atoms with Gasteiger partial charge in [0.1, 0.15) is 11.3 Å². The Morgan fingerprint density at radius 1 is 1.40 bits per heavy atom. The first kappa shape index (κ1) is 14.1. The maximum Gasteiger partial charge on any atom is 0.342 e. The summed E-state index contributed by atoms with van der Waals surface area (Å²) in [6, 6.07) is 9.47. The van der Waals surface area contributed by atoms with E-state index in [1.165, 1.54) is 12.3 Å². The molecule has 0 spiro atoms.